The molecule has 0 aliphatic heterocycles. The average Bonchev–Trinajstić information content (AvgIpc) is 2.81. The van der Waals surface area contributed by atoms with Crippen molar-refractivity contribution in [2.75, 3.05) is 0 Å². The highest BCUT2D eigenvalue weighted by atomic mass is 79.9. The second-order valence-corrected chi connectivity index (χ2v) is 6.00. The maximum atomic E-state index is 11.1. The number of carboxylic acid groups (broad SMARTS) is 1. The first-order chi connectivity index (χ1) is 11.0. The normalized spacial score (nSPS) is 11.4. The zero-order valence-corrected chi connectivity index (χ0v) is 13.8. The number of aromatic amines is 1. The smallest absolute Gasteiger partial charge is 0.337 e. The number of hydrogen-bond donors (Lipinski definition) is 3. The minimum Gasteiger partial charge on any atom is -0.493 e. The number of carbonyl (C=O) groups is 1. The van der Waals surface area contributed by atoms with Gasteiger partial charge in [-0.15, -0.1) is 5.11 Å². The highest BCUT2D eigenvalue weighted by Crippen LogP contribution is 2.37. The van der Waals surface area contributed by atoms with Crippen LogP contribution < -0.4 is 0 Å². The van der Waals surface area contributed by atoms with Crippen LogP contribution in [0.3, 0.4) is 0 Å². The van der Waals surface area contributed by atoms with Crippen molar-refractivity contribution in [1.82, 2.24) is 4.98 Å². The molecule has 23 heavy (non-hydrogen) atoms. The Morgan fingerprint density at radius 2 is 1.96 bits per heavy atom. The Morgan fingerprint density at radius 1 is 1.17 bits per heavy atom. The number of nitrogens with one attached hydrogen (secondary N) is 1. The summed E-state index contributed by atoms with van der Waals surface area (Å²) in [6, 6.07) is 9.71. The van der Waals surface area contributed by atoms with E-state index >= 15 is 0 Å². The van der Waals surface area contributed by atoms with E-state index in [0.29, 0.717) is 16.6 Å². The number of hydrogen-bond acceptors (Lipinski definition) is 4. The number of carboxylic acids is 1. The maximum Gasteiger partial charge on any atom is 0.337 e. The Bertz CT molecular complexity index is 953. The predicted octanol–water partition coefficient (Wildman–Crippen LogP) is 5.40. The van der Waals surface area contributed by atoms with Gasteiger partial charge >= 0.3 is 5.97 Å². The van der Waals surface area contributed by atoms with Gasteiger partial charge in [-0.05, 0) is 36.4 Å². The lowest BCUT2D eigenvalue weighted by Gasteiger charge is -1.99. The molecule has 0 unspecified atom stereocenters. The Kier molecular flexibility index (Phi) is 4.06. The predicted molar refractivity (Wildman–Crippen MR) is 90.3 cm³/mol. The lowest BCUT2D eigenvalue weighted by atomic mass is 10.2. The van der Waals surface area contributed by atoms with Crippen LogP contribution in [0.15, 0.2) is 51.1 Å². The van der Waals surface area contributed by atoms with Crippen LogP contribution in [-0.2, 0) is 0 Å². The molecule has 0 amide bonds. The lowest BCUT2D eigenvalue weighted by molar-refractivity contribution is 0.0697. The first kappa shape index (κ1) is 15.5. The summed E-state index contributed by atoms with van der Waals surface area (Å²) in [5.41, 5.74) is 1.24. The number of rotatable bonds is 3. The molecular formula is C15H9BrClN3O3. The fourth-order valence-electron chi connectivity index (χ4n) is 2.08. The lowest BCUT2D eigenvalue weighted by Crippen LogP contribution is -1.96. The Hall–Kier alpha value is -2.38. The van der Waals surface area contributed by atoms with Gasteiger partial charge in [0.25, 0.3) is 0 Å². The van der Waals surface area contributed by atoms with Gasteiger partial charge in [0.2, 0.25) is 5.88 Å². The molecule has 1 aromatic heterocycles. The second kappa shape index (κ2) is 6.02. The number of benzene rings is 2. The number of aromatic nitrogens is 1. The van der Waals surface area contributed by atoms with E-state index in [1.54, 1.807) is 18.2 Å². The van der Waals surface area contributed by atoms with Gasteiger partial charge in [-0.2, -0.15) is 5.11 Å². The van der Waals surface area contributed by atoms with Crippen LogP contribution in [0.25, 0.3) is 10.9 Å². The van der Waals surface area contributed by atoms with Crippen LogP contribution in [-0.4, -0.2) is 21.2 Å². The summed E-state index contributed by atoms with van der Waals surface area (Å²) in [5.74, 6) is -1.26. The largest absolute Gasteiger partial charge is 0.493 e. The molecule has 3 N–H and O–H groups in total. The SMILES string of the molecule is O=C(O)c1cc(N=Nc2c(O)[nH]c3ccc(Br)cc23)ccc1Cl. The summed E-state index contributed by atoms with van der Waals surface area (Å²) >= 11 is 9.17. The first-order valence-electron chi connectivity index (χ1n) is 6.40. The number of aromatic hydroxyl groups is 1. The highest BCUT2D eigenvalue weighted by Gasteiger charge is 2.12. The summed E-state index contributed by atoms with van der Waals surface area (Å²) < 4.78 is 0.833. The van der Waals surface area contributed by atoms with Crippen molar-refractivity contribution in [1.29, 1.82) is 0 Å². The Labute approximate surface area is 143 Å². The number of aromatic carboxylic acids is 1. The van der Waals surface area contributed by atoms with Crippen LogP contribution in [0.2, 0.25) is 5.02 Å². The van der Waals surface area contributed by atoms with Crippen molar-refractivity contribution in [2.45, 2.75) is 0 Å². The number of azo groups is 1. The topological polar surface area (TPSA) is 98.0 Å². The van der Waals surface area contributed by atoms with Gasteiger partial charge in [-0.3, -0.25) is 0 Å². The van der Waals surface area contributed by atoms with Gasteiger partial charge in [-0.1, -0.05) is 27.5 Å². The number of H-pyrrole nitrogens is 1. The van der Waals surface area contributed by atoms with Crippen molar-refractivity contribution >= 4 is 55.8 Å². The van der Waals surface area contributed by atoms with Gasteiger partial charge in [0, 0.05) is 9.86 Å². The monoisotopic (exact) mass is 393 g/mol. The highest BCUT2D eigenvalue weighted by molar-refractivity contribution is 9.10. The van der Waals surface area contributed by atoms with Gasteiger partial charge in [-0.25, -0.2) is 4.79 Å². The van der Waals surface area contributed by atoms with Crippen molar-refractivity contribution < 1.29 is 15.0 Å². The van der Waals surface area contributed by atoms with E-state index in [9.17, 15) is 9.90 Å². The Balaban J connectivity index is 2.04. The minimum absolute atomic E-state index is 0.0611. The van der Waals surface area contributed by atoms with Gasteiger partial charge < -0.3 is 15.2 Å². The summed E-state index contributed by atoms with van der Waals surface area (Å²) in [7, 11) is 0. The van der Waals surface area contributed by atoms with Gasteiger partial charge in [0.05, 0.1) is 21.8 Å². The van der Waals surface area contributed by atoms with Crippen LogP contribution in [0.5, 0.6) is 5.88 Å². The fraction of sp³-hybridized carbons (Fsp3) is 0. The molecule has 116 valence electrons. The first-order valence-corrected chi connectivity index (χ1v) is 7.57. The molecule has 1 heterocycles. The maximum absolute atomic E-state index is 11.1. The molecule has 0 atom stereocenters. The standard InChI is InChI=1S/C15H9BrClN3O3/c16-7-1-4-12-10(5-7)13(14(21)18-12)20-19-8-2-3-11(17)9(6-8)15(22)23/h1-6,18,21H,(H,22,23). The number of nitrogens with zero attached hydrogens (tertiary/aromatic N) is 2. The second-order valence-electron chi connectivity index (χ2n) is 4.68. The van der Waals surface area contributed by atoms with Crippen LogP contribution in [0, 0.1) is 0 Å². The third-order valence-corrected chi connectivity index (χ3v) is 3.98. The zero-order chi connectivity index (χ0) is 16.6. The van der Waals surface area contributed by atoms with Gasteiger partial charge in [0.15, 0.2) is 5.69 Å². The molecule has 2 aromatic carbocycles. The fourth-order valence-corrected chi connectivity index (χ4v) is 2.64. The van der Waals surface area contributed by atoms with Crippen LogP contribution in [0.4, 0.5) is 11.4 Å². The third kappa shape index (κ3) is 3.06. The van der Waals surface area contributed by atoms with E-state index in [1.807, 2.05) is 6.07 Å². The van der Waals surface area contributed by atoms with Crippen molar-refractivity contribution in [3.8, 4) is 5.88 Å². The van der Waals surface area contributed by atoms with E-state index < -0.39 is 5.97 Å². The molecule has 0 spiro atoms. The van der Waals surface area contributed by atoms with E-state index in [-0.39, 0.29) is 22.2 Å². The number of fused-ring (bicyclic) bond motifs is 1. The van der Waals surface area contributed by atoms with E-state index in [2.05, 4.69) is 31.1 Å². The molecule has 0 bridgehead atoms. The van der Waals surface area contributed by atoms with Crippen molar-refractivity contribution in [2.24, 2.45) is 10.2 Å². The summed E-state index contributed by atoms with van der Waals surface area (Å²) in [4.78, 5) is 13.9. The summed E-state index contributed by atoms with van der Waals surface area (Å²) in [6.07, 6.45) is 0. The summed E-state index contributed by atoms with van der Waals surface area (Å²) in [5, 5.41) is 27.8. The van der Waals surface area contributed by atoms with Gasteiger partial charge in [0.1, 0.15) is 0 Å². The Morgan fingerprint density at radius 3 is 2.70 bits per heavy atom. The van der Waals surface area contributed by atoms with Crippen LogP contribution in [0.1, 0.15) is 10.4 Å². The molecule has 0 aliphatic rings. The molecule has 3 rings (SSSR count). The van der Waals surface area contributed by atoms with E-state index in [4.69, 9.17) is 16.7 Å². The third-order valence-electron chi connectivity index (χ3n) is 3.16. The molecule has 0 fully saturated rings. The molecule has 3 aromatic rings. The summed E-state index contributed by atoms with van der Waals surface area (Å²) in [6.45, 7) is 0. The zero-order valence-electron chi connectivity index (χ0n) is 11.4. The van der Waals surface area contributed by atoms with E-state index in [0.717, 1.165) is 4.47 Å². The molecule has 6 nitrogen and oxygen atoms in total. The molecule has 0 radical (unpaired) electrons. The van der Waals surface area contributed by atoms with Crippen molar-refractivity contribution in [3.05, 3.63) is 51.5 Å². The van der Waals surface area contributed by atoms with E-state index in [1.165, 1.54) is 12.1 Å². The molecule has 0 aliphatic carbocycles. The molecule has 0 saturated carbocycles. The molecular weight excluding hydrogens is 386 g/mol. The average molecular weight is 395 g/mol. The minimum atomic E-state index is -1.15. The molecule has 8 heteroatoms. The molecule has 0 saturated heterocycles. The number of halogens is 2. The quantitative estimate of drug-likeness (QED) is 0.518. The van der Waals surface area contributed by atoms with Crippen LogP contribution >= 0.6 is 27.5 Å². The van der Waals surface area contributed by atoms with Crippen molar-refractivity contribution in [3.63, 3.8) is 0 Å².